The fraction of sp³-hybridized carbons (Fsp3) is 0.0175. The maximum absolute atomic E-state index is 2.50. The fourth-order valence-electron chi connectivity index (χ4n) is 10.1. The van der Waals surface area contributed by atoms with E-state index in [9.17, 15) is 0 Å². The molecule has 0 N–H and O–H groups in total. The molecular weight excluding hydrogens is 713 g/mol. The van der Waals surface area contributed by atoms with Gasteiger partial charge in [-0.2, -0.15) is 0 Å². The van der Waals surface area contributed by atoms with Crippen molar-refractivity contribution in [1.82, 2.24) is 0 Å². The molecular formula is C57H38N2. The first-order chi connectivity index (χ1) is 29.3. The Morgan fingerprint density at radius 3 is 1.24 bits per heavy atom. The van der Waals surface area contributed by atoms with Gasteiger partial charge in [0.05, 0.1) is 11.1 Å². The van der Waals surface area contributed by atoms with E-state index in [1.807, 2.05) is 0 Å². The van der Waals surface area contributed by atoms with Crippen LogP contribution in [0.4, 0.5) is 34.1 Å². The molecule has 0 bridgehead atoms. The third-order valence-corrected chi connectivity index (χ3v) is 12.6. The second kappa shape index (κ2) is 13.2. The van der Waals surface area contributed by atoms with Crippen LogP contribution >= 0.6 is 0 Å². The van der Waals surface area contributed by atoms with Crippen molar-refractivity contribution in [3.05, 3.63) is 253 Å². The molecule has 0 saturated carbocycles. The van der Waals surface area contributed by atoms with Crippen LogP contribution in [-0.4, -0.2) is 0 Å². The van der Waals surface area contributed by atoms with Crippen LogP contribution in [0.3, 0.4) is 0 Å². The summed E-state index contributed by atoms with van der Waals surface area (Å²) >= 11 is 0. The Labute approximate surface area is 344 Å². The third-order valence-electron chi connectivity index (χ3n) is 12.6. The average molecular weight is 751 g/mol. The van der Waals surface area contributed by atoms with Crippen molar-refractivity contribution in [2.45, 2.75) is 5.41 Å². The summed E-state index contributed by atoms with van der Waals surface area (Å²) in [7, 11) is 0. The lowest BCUT2D eigenvalue weighted by molar-refractivity contribution is 0.793. The van der Waals surface area contributed by atoms with Crippen molar-refractivity contribution in [2.75, 3.05) is 9.80 Å². The average Bonchev–Trinajstić information content (AvgIpc) is 3.77. The smallest absolute Gasteiger partial charge is 0.0727 e. The highest BCUT2D eigenvalue weighted by Gasteiger charge is 2.52. The first kappa shape index (κ1) is 33.5. The van der Waals surface area contributed by atoms with Gasteiger partial charge in [0.2, 0.25) is 0 Å². The number of fused-ring (bicyclic) bond motifs is 12. The van der Waals surface area contributed by atoms with Crippen LogP contribution in [0, 0.1) is 0 Å². The summed E-state index contributed by atoms with van der Waals surface area (Å²) < 4.78 is 0. The lowest BCUT2D eigenvalue weighted by Crippen LogP contribution is -2.26. The quantitative estimate of drug-likeness (QED) is 0.167. The fourth-order valence-corrected chi connectivity index (χ4v) is 10.1. The van der Waals surface area contributed by atoms with Crippen LogP contribution in [0.1, 0.15) is 22.3 Å². The van der Waals surface area contributed by atoms with Gasteiger partial charge in [-0.3, -0.25) is 0 Å². The Balaban J connectivity index is 1.24. The molecule has 0 aromatic heterocycles. The number of hydrogen-bond donors (Lipinski definition) is 0. The molecule has 1 spiro atoms. The summed E-state index contributed by atoms with van der Waals surface area (Å²) in [6.07, 6.45) is 0. The van der Waals surface area contributed by atoms with Crippen LogP contribution in [-0.2, 0) is 5.41 Å². The van der Waals surface area contributed by atoms with E-state index >= 15 is 0 Å². The number of para-hydroxylation sites is 2. The molecule has 2 heteroatoms. The molecule has 0 radical (unpaired) electrons. The predicted molar refractivity (Wildman–Crippen MR) is 247 cm³/mol. The van der Waals surface area contributed by atoms with Gasteiger partial charge in [-0.15, -0.1) is 0 Å². The van der Waals surface area contributed by atoms with E-state index in [4.69, 9.17) is 0 Å². The van der Waals surface area contributed by atoms with Crippen LogP contribution in [0.5, 0.6) is 0 Å². The second-order valence-electron chi connectivity index (χ2n) is 15.7. The minimum atomic E-state index is -0.540. The molecule has 12 rings (SSSR count). The Kier molecular flexibility index (Phi) is 7.48. The van der Waals surface area contributed by atoms with Crippen molar-refractivity contribution >= 4 is 55.7 Å². The highest BCUT2D eigenvalue weighted by atomic mass is 15.2. The lowest BCUT2D eigenvalue weighted by Gasteiger charge is -2.34. The molecule has 2 aliphatic carbocycles. The summed E-state index contributed by atoms with van der Waals surface area (Å²) in [5.74, 6) is 0. The number of rotatable bonds is 6. The topological polar surface area (TPSA) is 6.48 Å². The summed E-state index contributed by atoms with van der Waals surface area (Å²) in [5.41, 5.74) is 16.4. The van der Waals surface area contributed by atoms with E-state index in [1.54, 1.807) is 0 Å². The zero-order valence-electron chi connectivity index (χ0n) is 32.3. The number of nitrogens with zero attached hydrogens (tertiary/aromatic N) is 2. The first-order valence-corrected chi connectivity index (χ1v) is 20.4. The van der Waals surface area contributed by atoms with Gasteiger partial charge in [0.1, 0.15) is 0 Å². The van der Waals surface area contributed by atoms with E-state index in [-0.39, 0.29) is 0 Å². The van der Waals surface area contributed by atoms with Crippen molar-refractivity contribution in [2.24, 2.45) is 0 Å². The SMILES string of the molecule is c1ccc(N(c2cc(N(c3ccccc3)c3ccc4ccccc4c3)c3c(c2)C2(c4ccccc4-c4ccccc42)c2ccccc2-3)c2ccc3ccccc3c2)cc1. The largest absolute Gasteiger partial charge is 0.310 e. The van der Waals surface area contributed by atoms with Gasteiger partial charge < -0.3 is 9.80 Å². The van der Waals surface area contributed by atoms with Crippen molar-refractivity contribution in [3.8, 4) is 22.3 Å². The molecule has 10 aromatic carbocycles. The van der Waals surface area contributed by atoms with Crippen molar-refractivity contribution < 1.29 is 0 Å². The molecule has 0 aliphatic heterocycles. The standard InChI is InChI=1S/C57H38N2/c1-3-21-43(22-4-1)58(45-33-31-39-17-7-9-19-41(39)35-45)47-37-54-56(55(38-47)59(44-23-5-2-6-24-44)46-34-32-40-18-8-10-20-42(40)36-46)50-27-13-16-30-53(50)57(54)51-28-14-11-25-48(51)49-26-12-15-29-52(49)57/h1-38H. The minimum absolute atomic E-state index is 0.540. The maximum Gasteiger partial charge on any atom is 0.0727 e. The molecule has 0 heterocycles. The van der Waals surface area contributed by atoms with Gasteiger partial charge in [0.15, 0.2) is 0 Å². The summed E-state index contributed by atoms with van der Waals surface area (Å²) in [5, 5.41) is 4.85. The number of hydrogen-bond acceptors (Lipinski definition) is 2. The predicted octanol–water partition coefficient (Wildman–Crippen LogP) is 15.3. The first-order valence-electron chi connectivity index (χ1n) is 20.4. The van der Waals surface area contributed by atoms with Gasteiger partial charge in [-0.05, 0) is 121 Å². The van der Waals surface area contributed by atoms with Crippen LogP contribution in [0.25, 0.3) is 43.8 Å². The summed E-state index contributed by atoms with van der Waals surface area (Å²) in [6, 6.07) is 85.0. The third kappa shape index (κ3) is 5.00. The zero-order chi connectivity index (χ0) is 38.9. The van der Waals surface area contributed by atoms with Crippen molar-refractivity contribution in [1.29, 1.82) is 0 Å². The van der Waals surface area contributed by atoms with E-state index < -0.39 is 5.41 Å². The minimum Gasteiger partial charge on any atom is -0.310 e. The molecule has 59 heavy (non-hydrogen) atoms. The highest BCUT2D eigenvalue weighted by Crippen LogP contribution is 2.65. The molecule has 0 amide bonds. The van der Waals surface area contributed by atoms with E-state index in [0.29, 0.717) is 0 Å². The molecule has 0 atom stereocenters. The maximum atomic E-state index is 2.50. The summed E-state index contributed by atoms with van der Waals surface area (Å²) in [6.45, 7) is 0. The van der Waals surface area contributed by atoms with Gasteiger partial charge in [0.25, 0.3) is 0 Å². The number of anilines is 6. The van der Waals surface area contributed by atoms with Gasteiger partial charge in [-0.25, -0.2) is 0 Å². The molecule has 10 aromatic rings. The van der Waals surface area contributed by atoms with Gasteiger partial charge in [0, 0.05) is 34.0 Å². The van der Waals surface area contributed by atoms with E-state index in [0.717, 1.165) is 34.1 Å². The van der Waals surface area contributed by atoms with Crippen LogP contribution in [0.2, 0.25) is 0 Å². The molecule has 0 unspecified atom stereocenters. The Hall–Kier alpha value is -7.68. The second-order valence-corrected chi connectivity index (χ2v) is 15.7. The Bertz CT molecular complexity index is 3190. The van der Waals surface area contributed by atoms with Gasteiger partial charge in [-0.1, -0.05) is 170 Å². The molecule has 276 valence electrons. The Morgan fingerprint density at radius 1 is 0.254 bits per heavy atom. The van der Waals surface area contributed by atoms with Crippen molar-refractivity contribution in [3.63, 3.8) is 0 Å². The molecule has 0 saturated heterocycles. The molecule has 2 nitrogen and oxygen atoms in total. The molecule has 0 fully saturated rings. The van der Waals surface area contributed by atoms with Crippen LogP contribution < -0.4 is 9.80 Å². The van der Waals surface area contributed by atoms with Crippen LogP contribution in [0.15, 0.2) is 231 Å². The Morgan fingerprint density at radius 2 is 0.678 bits per heavy atom. The van der Waals surface area contributed by atoms with E-state index in [2.05, 4.69) is 240 Å². The monoisotopic (exact) mass is 750 g/mol. The molecule has 2 aliphatic rings. The highest BCUT2D eigenvalue weighted by molar-refractivity contribution is 6.04. The normalized spacial score (nSPS) is 12.9. The van der Waals surface area contributed by atoms with E-state index in [1.165, 1.54) is 66.1 Å². The number of benzene rings is 10. The zero-order valence-corrected chi connectivity index (χ0v) is 32.3. The lowest BCUT2D eigenvalue weighted by atomic mass is 9.70. The summed E-state index contributed by atoms with van der Waals surface area (Å²) in [4.78, 5) is 4.93. The van der Waals surface area contributed by atoms with Gasteiger partial charge >= 0.3 is 0 Å².